The molecule has 0 aliphatic carbocycles. The van der Waals surface area contributed by atoms with E-state index in [0.717, 1.165) is 0 Å². The normalized spacial score (nSPS) is 10.5. The lowest BCUT2D eigenvalue weighted by molar-refractivity contribution is 0.0955. The molecule has 0 saturated heterocycles. The van der Waals surface area contributed by atoms with Crippen LogP contribution in [0.25, 0.3) is 0 Å². The molecule has 21 heavy (non-hydrogen) atoms. The standard InChI is InChI=1S/C16H16N2O3/c1-2-21-15-9-8-12(10-14(15)19)11-17-18-16(20)13-6-4-3-5-7-13/h3-11,19H,2H2,1H3,(H,18,20). The molecule has 0 unspecified atom stereocenters. The number of aromatic hydroxyl groups is 1. The third kappa shape index (κ3) is 4.07. The van der Waals surface area contributed by atoms with E-state index in [1.165, 1.54) is 12.3 Å². The van der Waals surface area contributed by atoms with Gasteiger partial charge in [-0.05, 0) is 42.8 Å². The van der Waals surface area contributed by atoms with Gasteiger partial charge in [0, 0.05) is 5.56 Å². The predicted octanol–water partition coefficient (Wildman–Crippen LogP) is 2.55. The number of carbonyl (C=O) groups is 1. The number of phenolic OH excluding ortho intramolecular Hbond substituents is 1. The Morgan fingerprint density at radius 1 is 1.29 bits per heavy atom. The first-order valence-electron chi connectivity index (χ1n) is 6.55. The summed E-state index contributed by atoms with van der Waals surface area (Å²) in [5.74, 6) is 0.167. The molecule has 108 valence electrons. The van der Waals surface area contributed by atoms with E-state index < -0.39 is 0 Å². The Morgan fingerprint density at radius 2 is 2.05 bits per heavy atom. The third-order valence-corrected chi connectivity index (χ3v) is 2.70. The van der Waals surface area contributed by atoms with Crippen LogP contribution in [-0.4, -0.2) is 23.8 Å². The number of hydrazone groups is 1. The summed E-state index contributed by atoms with van der Waals surface area (Å²) in [5.41, 5.74) is 3.61. The summed E-state index contributed by atoms with van der Waals surface area (Å²) in [6.45, 7) is 2.32. The van der Waals surface area contributed by atoms with Crippen LogP contribution in [0.4, 0.5) is 0 Å². The molecular formula is C16H16N2O3. The van der Waals surface area contributed by atoms with Crippen molar-refractivity contribution in [1.82, 2.24) is 5.43 Å². The zero-order valence-electron chi connectivity index (χ0n) is 11.6. The van der Waals surface area contributed by atoms with Gasteiger partial charge in [-0.2, -0.15) is 5.10 Å². The quantitative estimate of drug-likeness (QED) is 0.654. The summed E-state index contributed by atoms with van der Waals surface area (Å²) < 4.78 is 5.23. The van der Waals surface area contributed by atoms with E-state index in [4.69, 9.17) is 4.74 Å². The van der Waals surface area contributed by atoms with Gasteiger partial charge in [0.1, 0.15) is 0 Å². The van der Waals surface area contributed by atoms with Crippen molar-refractivity contribution in [3.63, 3.8) is 0 Å². The summed E-state index contributed by atoms with van der Waals surface area (Å²) >= 11 is 0. The molecule has 0 spiro atoms. The van der Waals surface area contributed by atoms with Gasteiger partial charge in [0.15, 0.2) is 11.5 Å². The van der Waals surface area contributed by atoms with E-state index in [0.29, 0.717) is 23.5 Å². The van der Waals surface area contributed by atoms with Crippen LogP contribution in [0.15, 0.2) is 53.6 Å². The Kier molecular flexibility index (Phi) is 4.93. The van der Waals surface area contributed by atoms with Gasteiger partial charge in [-0.25, -0.2) is 5.43 Å². The van der Waals surface area contributed by atoms with Gasteiger partial charge in [-0.1, -0.05) is 18.2 Å². The number of ether oxygens (including phenoxy) is 1. The Morgan fingerprint density at radius 3 is 2.71 bits per heavy atom. The SMILES string of the molecule is CCOc1ccc(C=NNC(=O)c2ccccc2)cc1O. The highest BCUT2D eigenvalue weighted by atomic mass is 16.5. The number of benzene rings is 2. The molecule has 2 aromatic rings. The molecule has 2 aromatic carbocycles. The van der Waals surface area contributed by atoms with Crippen molar-refractivity contribution >= 4 is 12.1 Å². The fourth-order valence-electron chi connectivity index (χ4n) is 1.71. The zero-order chi connectivity index (χ0) is 15.1. The van der Waals surface area contributed by atoms with E-state index >= 15 is 0 Å². The number of amides is 1. The summed E-state index contributed by atoms with van der Waals surface area (Å²) in [6.07, 6.45) is 1.45. The van der Waals surface area contributed by atoms with Crippen LogP contribution >= 0.6 is 0 Å². The van der Waals surface area contributed by atoms with Gasteiger partial charge < -0.3 is 9.84 Å². The lowest BCUT2D eigenvalue weighted by Crippen LogP contribution is -2.17. The van der Waals surface area contributed by atoms with Gasteiger partial charge in [0.05, 0.1) is 12.8 Å². The van der Waals surface area contributed by atoms with Crippen LogP contribution in [0.2, 0.25) is 0 Å². The lowest BCUT2D eigenvalue weighted by atomic mass is 10.2. The monoisotopic (exact) mass is 284 g/mol. The fourth-order valence-corrected chi connectivity index (χ4v) is 1.71. The van der Waals surface area contributed by atoms with Crippen LogP contribution in [0.1, 0.15) is 22.8 Å². The number of carbonyl (C=O) groups excluding carboxylic acids is 1. The molecule has 0 atom stereocenters. The lowest BCUT2D eigenvalue weighted by Gasteiger charge is -2.05. The van der Waals surface area contributed by atoms with E-state index in [2.05, 4.69) is 10.5 Å². The van der Waals surface area contributed by atoms with Crippen molar-refractivity contribution in [2.45, 2.75) is 6.92 Å². The van der Waals surface area contributed by atoms with E-state index in [-0.39, 0.29) is 11.7 Å². The molecular weight excluding hydrogens is 268 g/mol. The minimum Gasteiger partial charge on any atom is -0.504 e. The highest BCUT2D eigenvalue weighted by Crippen LogP contribution is 2.25. The number of hydrogen-bond acceptors (Lipinski definition) is 4. The van der Waals surface area contributed by atoms with Gasteiger partial charge in [-0.15, -0.1) is 0 Å². The van der Waals surface area contributed by atoms with Gasteiger partial charge in [0.2, 0.25) is 0 Å². The third-order valence-electron chi connectivity index (χ3n) is 2.70. The Hall–Kier alpha value is -2.82. The highest BCUT2D eigenvalue weighted by Gasteiger charge is 2.03. The molecule has 0 bridgehead atoms. The molecule has 0 saturated carbocycles. The average Bonchev–Trinajstić information content (AvgIpc) is 2.51. The maximum atomic E-state index is 11.7. The molecule has 0 heterocycles. The van der Waals surface area contributed by atoms with Crippen LogP contribution in [0, 0.1) is 0 Å². The van der Waals surface area contributed by atoms with E-state index in [1.807, 2.05) is 13.0 Å². The van der Waals surface area contributed by atoms with Crippen LogP contribution in [0.3, 0.4) is 0 Å². The van der Waals surface area contributed by atoms with Crippen molar-refractivity contribution in [2.24, 2.45) is 5.10 Å². The Labute approximate surface area is 122 Å². The molecule has 0 aromatic heterocycles. The van der Waals surface area contributed by atoms with Crippen molar-refractivity contribution in [3.8, 4) is 11.5 Å². The first kappa shape index (κ1) is 14.6. The first-order valence-corrected chi connectivity index (χ1v) is 6.55. The van der Waals surface area contributed by atoms with Crippen molar-refractivity contribution in [3.05, 3.63) is 59.7 Å². The number of rotatable bonds is 5. The molecule has 5 heteroatoms. The van der Waals surface area contributed by atoms with Crippen molar-refractivity contribution < 1.29 is 14.6 Å². The molecule has 0 fully saturated rings. The molecule has 1 amide bonds. The second-order valence-corrected chi connectivity index (χ2v) is 4.23. The number of hydrogen-bond donors (Lipinski definition) is 2. The van der Waals surface area contributed by atoms with Crippen molar-refractivity contribution in [2.75, 3.05) is 6.61 Å². The minimum atomic E-state index is -0.290. The molecule has 0 aliphatic heterocycles. The topological polar surface area (TPSA) is 70.9 Å². The highest BCUT2D eigenvalue weighted by molar-refractivity contribution is 5.94. The minimum absolute atomic E-state index is 0.0372. The zero-order valence-corrected chi connectivity index (χ0v) is 11.6. The van der Waals surface area contributed by atoms with Crippen LogP contribution in [-0.2, 0) is 0 Å². The summed E-state index contributed by atoms with van der Waals surface area (Å²) in [4.78, 5) is 11.7. The number of nitrogens with zero attached hydrogens (tertiary/aromatic N) is 1. The predicted molar refractivity (Wildman–Crippen MR) is 80.8 cm³/mol. The number of phenols is 1. The fraction of sp³-hybridized carbons (Fsp3) is 0.125. The van der Waals surface area contributed by atoms with Gasteiger partial charge >= 0.3 is 0 Å². The van der Waals surface area contributed by atoms with Crippen LogP contribution in [0.5, 0.6) is 11.5 Å². The van der Waals surface area contributed by atoms with Gasteiger partial charge in [0.25, 0.3) is 5.91 Å². The largest absolute Gasteiger partial charge is 0.504 e. The Bertz CT molecular complexity index is 639. The average molecular weight is 284 g/mol. The smallest absolute Gasteiger partial charge is 0.271 e. The summed E-state index contributed by atoms with van der Waals surface area (Å²) in [5, 5.41) is 13.6. The summed E-state index contributed by atoms with van der Waals surface area (Å²) in [6, 6.07) is 13.7. The van der Waals surface area contributed by atoms with E-state index in [1.54, 1.807) is 36.4 Å². The molecule has 0 aliphatic rings. The van der Waals surface area contributed by atoms with Crippen LogP contribution < -0.4 is 10.2 Å². The first-order chi connectivity index (χ1) is 10.2. The molecule has 0 radical (unpaired) electrons. The maximum Gasteiger partial charge on any atom is 0.271 e. The summed E-state index contributed by atoms with van der Waals surface area (Å²) in [7, 11) is 0. The maximum absolute atomic E-state index is 11.7. The van der Waals surface area contributed by atoms with Gasteiger partial charge in [-0.3, -0.25) is 4.79 Å². The molecule has 2 rings (SSSR count). The molecule has 5 nitrogen and oxygen atoms in total. The number of nitrogens with one attached hydrogen (secondary N) is 1. The molecule has 2 N–H and O–H groups in total. The Balaban J connectivity index is 1.98. The van der Waals surface area contributed by atoms with Crippen molar-refractivity contribution in [1.29, 1.82) is 0 Å². The van der Waals surface area contributed by atoms with E-state index in [9.17, 15) is 9.90 Å². The second-order valence-electron chi connectivity index (χ2n) is 4.23. The second kappa shape index (κ2) is 7.09.